The van der Waals surface area contributed by atoms with E-state index in [0.29, 0.717) is 13.1 Å². The Morgan fingerprint density at radius 2 is 2.29 bits per heavy atom. The second-order valence-electron chi connectivity index (χ2n) is 5.11. The van der Waals surface area contributed by atoms with Crippen LogP contribution in [-0.4, -0.2) is 57.8 Å². The highest BCUT2D eigenvalue weighted by atomic mass is 16.6. The van der Waals surface area contributed by atoms with Crippen molar-refractivity contribution >= 4 is 17.4 Å². The molecule has 1 aliphatic rings. The molecule has 2 N–H and O–H groups in total. The Kier molecular flexibility index (Phi) is 4.37. The fraction of sp³-hybridized carbons (Fsp3) is 0.538. The van der Waals surface area contributed by atoms with Gasteiger partial charge in [0.05, 0.1) is 4.92 Å². The first-order valence-corrected chi connectivity index (χ1v) is 6.87. The number of carbonyl (C=O) groups is 1. The lowest BCUT2D eigenvalue weighted by Crippen LogP contribution is -2.53. The number of pyridine rings is 1. The van der Waals surface area contributed by atoms with Crippen LogP contribution in [0, 0.1) is 10.1 Å². The number of hydrogen-bond acceptors (Lipinski definition) is 6. The summed E-state index contributed by atoms with van der Waals surface area (Å²) in [6.07, 6.45) is 1.04. The third-order valence-corrected chi connectivity index (χ3v) is 3.79. The lowest BCUT2D eigenvalue weighted by molar-refractivity contribution is -0.385. The van der Waals surface area contributed by atoms with Crippen molar-refractivity contribution < 1.29 is 9.72 Å². The van der Waals surface area contributed by atoms with E-state index in [4.69, 9.17) is 5.73 Å². The average molecular weight is 293 g/mol. The van der Waals surface area contributed by atoms with Gasteiger partial charge < -0.3 is 10.6 Å². The molecule has 0 bridgehead atoms. The van der Waals surface area contributed by atoms with Crippen molar-refractivity contribution in [2.24, 2.45) is 0 Å². The number of carbonyl (C=O) groups excluding carboxylic acids is 1. The Morgan fingerprint density at radius 1 is 1.57 bits per heavy atom. The standard InChI is InChI=1S/C13H19N5O3/c1-3-16-4-5-17(8-9(16)2)13(19)10-6-12(14)15-7-11(10)18(20)21/h6-7,9H,3-5,8H2,1-2H3,(H2,14,15). The molecule has 1 aliphatic heterocycles. The molecule has 21 heavy (non-hydrogen) atoms. The minimum Gasteiger partial charge on any atom is -0.384 e. The number of piperazine rings is 1. The van der Waals surface area contributed by atoms with Crippen molar-refractivity contribution in [3.05, 3.63) is 27.9 Å². The van der Waals surface area contributed by atoms with Gasteiger partial charge in [0.15, 0.2) is 0 Å². The quantitative estimate of drug-likeness (QED) is 0.650. The molecular weight excluding hydrogens is 274 g/mol. The molecule has 1 unspecified atom stereocenters. The predicted octanol–water partition coefficient (Wildman–Crippen LogP) is 0.738. The highest BCUT2D eigenvalue weighted by Gasteiger charge is 2.30. The van der Waals surface area contributed by atoms with Crippen LogP contribution in [0.3, 0.4) is 0 Å². The zero-order chi connectivity index (χ0) is 15.6. The summed E-state index contributed by atoms with van der Waals surface area (Å²) in [6.45, 7) is 6.90. The van der Waals surface area contributed by atoms with Crippen LogP contribution in [0.1, 0.15) is 24.2 Å². The molecule has 0 saturated carbocycles. The molecule has 8 nitrogen and oxygen atoms in total. The maximum Gasteiger partial charge on any atom is 0.300 e. The van der Waals surface area contributed by atoms with E-state index in [1.807, 2.05) is 6.92 Å². The fourth-order valence-corrected chi connectivity index (χ4v) is 2.60. The zero-order valence-electron chi connectivity index (χ0n) is 12.2. The highest BCUT2D eigenvalue weighted by Crippen LogP contribution is 2.22. The number of nitrogen functional groups attached to an aromatic ring is 1. The van der Waals surface area contributed by atoms with Gasteiger partial charge >= 0.3 is 0 Å². The Hall–Kier alpha value is -2.22. The normalized spacial score (nSPS) is 19.5. The van der Waals surface area contributed by atoms with Gasteiger partial charge in [0.25, 0.3) is 11.6 Å². The molecule has 1 aromatic heterocycles. The minimum atomic E-state index is -0.606. The van der Waals surface area contributed by atoms with E-state index < -0.39 is 4.92 Å². The molecule has 0 aromatic carbocycles. The molecule has 1 atom stereocenters. The molecule has 2 rings (SSSR count). The van der Waals surface area contributed by atoms with E-state index in [-0.39, 0.29) is 29.0 Å². The molecule has 1 saturated heterocycles. The van der Waals surface area contributed by atoms with Crippen LogP contribution in [0.4, 0.5) is 11.5 Å². The van der Waals surface area contributed by atoms with E-state index in [0.717, 1.165) is 19.3 Å². The van der Waals surface area contributed by atoms with Crippen molar-refractivity contribution in [3.8, 4) is 0 Å². The van der Waals surface area contributed by atoms with E-state index in [1.165, 1.54) is 6.07 Å². The van der Waals surface area contributed by atoms with Crippen molar-refractivity contribution in [2.45, 2.75) is 19.9 Å². The summed E-state index contributed by atoms with van der Waals surface area (Å²) in [4.78, 5) is 30.5. The number of nitrogens with zero attached hydrogens (tertiary/aromatic N) is 4. The molecular formula is C13H19N5O3. The summed E-state index contributed by atoms with van der Waals surface area (Å²) in [7, 11) is 0. The number of hydrogen-bond donors (Lipinski definition) is 1. The van der Waals surface area contributed by atoms with Crippen LogP contribution >= 0.6 is 0 Å². The summed E-state index contributed by atoms with van der Waals surface area (Å²) in [5.74, 6) is -0.261. The summed E-state index contributed by atoms with van der Waals surface area (Å²) < 4.78 is 0. The van der Waals surface area contributed by atoms with Crippen LogP contribution in [0.25, 0.3) is 0 Å². The minimum absolute atomic E-state index is 0.00430. The molecule has 114 valence electrons. The third kappa shape index (κ3) is 3.10. The second kappa shape index (κ2) is 6.04. The predicted molar refractivity (Wildman–Crippen MR) is 77.9 cm³/mol. The van der Waals surface area contributed by atoms with E-state index in [2.05, 4.69) is 16.8 Å². The molecule has 8 heteroatoms. The molecule has 1 amide bonds. The lowest BCUT2D eigenvalue weighted by Gasteiger charge is -2.39. The number of amides is 1. The number of nitrogens with two attached hydrogens (primary N) is 1. The molecule has 0 aliphatic carbocycles. The van der Waals surface area contributed by atoms with Crippen LogP contribution in [-0.2, 0) is 0 Å². The largest absolute Gasteiger partial charge is 0.384 e. The number of nitro groups is 1. The van der Waals surface area contributed by atoms with Crippen LogP contribution in [0.2, 0.25) is 0 Å². The summed E-state index contributed by atoms with van der Waals surface area (Å²) in [5.41, 5.74) is 5.25. The van der Waals surface area contributed by atoms with Gasteiger partial charge in [-0.05, 0) is 19.5 Å². The van der Waals surface area contributed by atoms with Gasteiger partial charge in [-0.3, -0.25) is 19.8 Å². The molecule has 1 aromatic rings. The van der Waals surface area contributed by atoms with E-state index >= 15 is 0 Å². The number of likely N-dealkylation sites (N-methyl/N-ethyl adjacent to an activating group) is 1. The van der Waals surface area contributed by atoms with Gasteiger partial charge in [0.1, 0.15) is 17.6 Å². The Balaban J connectivity index is 2.25. The lowest BCUT2D eigenvalue weighted by atomic mass is 10.1. The average Bonchev–Trinajstić information content (AvgIpc) is 2.45. The van der Waals surface area contributed by atoms with Gasteiger partial charge in [0, 0.05) is 25.7 Å². The summed E-state index contributed by atoms with van der Waals surface area (Å²) >= 11 is 0. The van der Waals surface area contributed by atoms with Crippen LogP contribution < -0.4 is 5.73 Å². The van der Waals surface area contributed by atoms with E-state index in [9.17, 15) is 14.9 Å². The molecule has 1 fully saturated rings. The van der Waals surface area contributed by atoms with Crippen molar-refractivity contribution in [3.63, 3.8) is 0 Å². The first-order chi connectivity index (χ1) is 9.93. The molecule has 2 heterocycles. The Bertz CT molecular complexity index is 563. The van der Waals surface area contributed by atoms with Crippen molar-refractivity contribution in [1.82, 2.24) is 14.8 Å². The summed E-state index contributed by atoms with van der Waals surface area (Å²) in [6, 6.07) is 1.50. The van der Waals surface area contributed by atoms with Gasteiger partial charge in [-0.2, -0.15) is 0 Å². The van der Waals surface area contributed by atoms with Gasteiger partial charge in [-0.15, -0.1) is 0 Å². The number of rotatable bonds is 3. The Morgan fingerprint density at radius 3 is 2.86 bits per heavy atom. The topological polar surface area (TPSA) is 106 Å². The van der Waals surface area contributed by atoms with Gasteiger partial charge in [-0.25, -0.2) is 4.98 Å². The van der Waals surface area contributed by atoms with Crippen LogP contribution in [0.15, 0.2) is 12.3 Å². The van der Waals surface area contributed by atoms with Crippen molar-refractivity contribution in [2.75, 3.05) is 31.9 Å². The summed E-state index contributed by atoms with van der Waals surface area (Å²) in [5, 5.41) is 11.0. The monoisotopic (exact) mass is 293 g/mol. The maximum absolute atomic E-state index is 12.5. The smallest absolute Gasteiger partial charge is 0.300 e. The fourth-order valence-electron chi connectivity index (χ4n) is 2.60. The Labute approximate surface area is 122 Å². The molecule has 0 spiro atoms. The SMILES string of the molecule is CCN1CCN(C(=O)c2cc(N)ncc2[N+](=O)[O-])CC1C. The third-order valence-electron chi connectivity index (χ3n) is 3.79. The van der Waals surface area contributed by atoms with Crippen molar-refractivity contribution in [1.29, 1.82) is 0 Å². The maximum atomic E-state index is 12.5. The highest BCUT2D eigenvalue weighted by molar-refractivity contribution is 5.98. The van der Waals surface area contributed by atoms with Gasteiger partial charge in [-0.1, -0.05) is 6.92 Å². The van der Waals surface area contributed by atoms with Crippen LogP contribution in [0.5, 0.6) is 0 Å². The zero-order valence-corrected chi connectivity index (χ0v) is 12.2. The first kappa shape index (κ1) is 15.2. The number of aromatic nitrogens is 1. The number of anilines is 1. The molecule has 0 radical (unpaired) electrons. The van der Waals surface area contributed by atoms with Gasteiger partial charge in [0.2, 0.25) is 0 Å². The first-order valence-electron chi connectivity index (χ1n) is 6.87. The van der Waals surface area contributed by atoms with E-state index in [1.54, 1.807) is 4.90 Å². The second-order valence-corrected chi connectivity index (χ2v) is 5.11.